The summed E-state index contributed by atoms with van der Waals surface area (Å²) in [5.74, 6) is 0.490. The van der Waals surface area contributed by atoms with Gasteiger partial charge >= 0.3 is 0 Å². The lowest BCUT2D eigenvalue weighted by Crippen LogP contribution is -2.29. The van der Waals surface area contributed by atoms with E-state index in [0.29, 0.717) is 17.5 Å². The molecule has 1 heterocycles. The molecule has 86 valence electrons. The van der Waals surface area contributed by atoms with E-state index in [2.05, 4.69) is 10.3 Å². The molecule has 1 fully saturated rings. The molecule has 3 N–H and O–H groups in total. The van der Waals surface area contributed by atoms with Crippen LogP contribution >= 0.6 is 0 Å². The van der Waals surface area contributed by atoms with Gasteiger partial charge in [0.15, 0.2) is 0 Å². The number of nitrogens with zero attached hydrogens (tertiary/aromatic N) is 1. The highest BCUT2D eigenvalue weighted by atomic mass is 16.1. The number of carbonyl (C=O) groups is 1. The number of aromatic nitrogens is 1. The summed E-state index contributed by atoms with van der Waals surface area (Å²) in [6.45, 7) is 0.724. The first-order valence-corrected chi connectivity index (χ1v) is 5.69. The summed E-state index contributed by atoms with van der Waals surface area (Å²) in [5.41, 5.74) is 6.44. The third-order valence-corrected chi connectivity index (χ3v) is 3.06. The van der Waals surface area contributed by atoms with Crippen LogP contribution in [0, 0.1) is 5.92 Å². The van der Waals surface area contributed by atoms with Crippen molar-refractivity contribution in [1.29, 1.82) is 0 Å². The van der Waals surface area contributed by atoms with E-state index in [0.717, 1.165) is 25.8 Å². The highest BCUT2D eigenvalue weighted by Crippen LogP contribution is 2.23. The average Bonchev–Trinajstić information content (AvgIpc) is 2.73. The first-order chi connectivity index (χ1) is 7.75. The van der Waals surface area contributed by atoms with E-state index in [1.54, 1.807) is 24.5 Å². The lowest BCUT2D eigenvalue weighted by molar-refractivity contribution is 0.0947. The Morgan fingerprint density at radius 1 is 1.56 bits per heavy atom. The van der Waals surface area contributed by atoms with Crippen LogP contribution in [0.5, 0.6) is 0 Å². The number of amides is 1. The standard InChI is InChI=1S/C12H17N3O/c13-11-4-3-9(6-11)7-15-12(16)10-2-1-5-14-8-10/h1-2,5,8-9,11H,3-4,6-7,13H2,(H,15,16). The predicted octanol–water partition coefficient (Wildman–Crippen LogP) is 0.939. The molecule has 4 nitrogen and oxygen atoms in total. The van der Waals surface area contributed by atoms with E-state index in [9.17, 15) is 4.79 Å². The fourth-order valence-electron chi connectivity index (χ4n) is 2.14. The Kier molecular flexibility index (Phi) is 3.51. The van der Waals surface area contributed by atoms with Crippen LogP contribution in [0.1, 0.15) is 29.6 Å². The number of nitrogens with two attached hydrogens (primary N) is 1. The van der Waals surface area contributed by atoms with Gasteiger partial charge in [0, 0.05) is 25.0 Å². The van der Waals surface area contributed by atoms with Crippen molar-refractivity contribution in [2.45, 2.75) is 25.3 Å². The van der Waals surface area contributed by atoms with E-state index < -0.39 is 0 Å². The minimum atomic E-state index is -0.0476. The summed E-state index contributed by atoms with van der Waals surface area (Å²) in [6, 6.07) is 3.85. The highest BCUT2D eigenvalue weighted by molar-refractivity contribution is 5.93. The Morgan fingerprint density at radius 3 is 3.06 bits per heavy atom. The SMILES string of the molecule is NC1CCC(CNC(=O)c2cccnc2)C1. The van der Waals surface area contributed by atoms with Gasteiger partial charge in [-0.25, -0.2) is 0 Å². The topological polar surface area (TPSA) is 68.0 Å². The Hall–Kier alpha value is -1.42. The van der Waals surface area contributed by atoms with Crippen LogP contribution < -0.4 is 11.1 Å². The second-order valence-corrected chi connectivity index (χ2v) is 4.39. The van der Waals surface area contributed by atoms with Gasteiger partial charge < -0.3 is 11.1 Å². The molecule has 0 radical (unpaired) electrons. The lowest BCUT2D eigenvalue weighted by atomic mass is 10.1. The smallest absolute Gasteiger partial charge is 0.252 e. The van der Waals surface area contributed by atoms with Crippen molar-refractivity contribution in [3.63, 3.8) is 0 Å². The maximum atomic E-state index is 11.7. The van der Waals surface area contributed by atoms with Crippen molar-refractivity contribution in [2.75, 3.05) is 6.54 Å². The fourth-order valence-corrected chi connectivity index (χ4v) is 2.14. The van der Waals surface area contributed by atoms with Crippen LogP contribution in [0.2, 0.25) is 0 Å². The van der Waals surface area contributed by atoms with E-state index in [1.165, 1.54) is 0 Å². The molecule has 0 bridgehead atoms. The van der Waals surface area contributed by atoms with Gasteiger partial charge in [-0.2, -0.15) is 0 Å². The second-order valence-electron chi connectivity index (χ2n) is 4.39. The van der Waals surface area contributed by atoms with Crippen molar-refractivity contribution < 1.29 is 4.79 Å². The van der Waals surface area contributed by atoms with Crippen molar-refractivity contribution in [3.8, 4) is 0 Å². The average molecular weight is 219 g/mol. The molecule has 0 spiro atoms. The van der Waals surface area contributed by atoms with Crippen LogP contribution in [0.25, 0.3) is 0 Å². The number of pyridine rings is 1. The lowest BCUT2D eigenvalue weighted by Gasteiger charge is -2.10. The third kappa shape index (κ3) is 2.79. The van der Waals surface area contributed by atoms with Gasteiger partial charge in [-0.05, 0) is 37.3 Å². The second kappa shape index (κ2) is 5.07. The van der Waals surface area contributed by atoms with Gasteiger partial charge in [-0.3, -0.25) is 9.78 Å². The van der Waals surface area contributed by atoms with E-state index >= 15 is 0 Å². The largest absolute Gasteiger partial charge is 0.352 e. The molecule has 1 aromatic heterocycles. The Balaban J connectivity index is 1.80. The molecule has 2 atom stereocenters. The van der Waals surface area contributed by atoms with Crippen LogP contribution in [0.3, 0.4) is 0 Å². The van der Waals surface area contributed by atoms with Gasteiger partial charge in [-0.15, -0.1) is 0 Å². The number of nitrogens with one attached hydrogen (secondary N) is 1. The minimum Gasteiger partial charge on any atom is -0.352 e. The molecule has 16 heavy (non-hydrogen) atoms. The molecule has 1 amide bonds. The van der Waals surface area contributed by atoms with Gasteiger partial charge in [0.2, 0.25) is 0 Å². The van der Waals surface area contributed by atoms with Crippen molar-refractivity contribution in [1.82, 2.24) is 10.3 Å². The van der Waals surface area contributed by atoms with E-state index in [4.69, 9.17) is 5.73 Å². The zero-order valence-electron chi connectivity index (χ0n) is 9.23. The molecular weight excluding hydrogens is 202 g/mol. The molecule has 1 saturated carbocycles. The first-order valence-electron chi connectivity index (χ1n) is 5.69. The van der Waals surface area contributed by atoms with Crippen LogP contribution in [0.15, 0.2) is 24.5 Å². The summed E-state index contributed by atoms with van der Waals surface area (Å²) < 4.78 is 0. The monoisotopic (exact) mass is 219 g/mol. The minimum absolute atomic E-state index is 0.0476. The van der Waals surface area contributed by atoms with E-state index in [-0.39, 0.29) is 5.91 Å². The summed E-state index contributed by atoms with van der Waals surface area (Å²) in [7, 11) is 0. The molecule has 1 aliphatic carbocycles. The van der Waals surface area contributed by atoms with Gasteiger partial charge in [-0.1, -0.05) is 0 Å². The van der Waals surface area contributed by atoms with Gasteiger partial charge in [0.1, 0.15) is 0 Å². The number of hydrogen-bond acceptors (Lipinski definition) is 3. The summed E-state index contributed by atoms with van der Waals surface area (Å²) in [6.07, 6.45) is 6.46. The van der Waals surface area contributed by atoms with Gasteiger partial charge in [0.05, 0.1) is 5.56 Å². The molecule has 0 aliphatic heterocycles. The Morgan fingerprint density at radius 2 is 2.44 bits per heavy atom. The number of rotatable bonds is 3. The highest BCUT2D eigenvalue weighted by Gasteiger charge is 2.21. The molecule has 2 rings (SSSR count). The zero-order chi connectivity index (χ0) is 11.4. The first kappa shape index (κ1) is 11.1. The predicted molar refractivity (Wildman–Crippen MR) is 61.9 cm³/mol. The fraction of sp³-hybridized carbons (Fsp3) is 0.500. The van der Waals surface area contributed by atoms with E-state index in [1.807, 2.05) is 0 Å². The van der Waals surface area contributed by atoms with Crippen LogP contribution in [-0.2, 0) is 0 Å². The molecule has 2 unspecified atom stereocenters. The molecule has 0 saturated heterocycles. The van der Waals surface area contributed by atoms with Crippen molar-refractivity contribution in [3.05, 3.63) is 30.1 Å². The number of hydrogen-bond donors (Lipinski definition) is 2. The maximum absolute atomic E-state index is 11.7. The summed E-state index contributed by atoms with van der Waals surface area (Å²) in [4.78, 5) is 15.6. The van der Waals surface area contributed by atoms with Crippen molar-refractivity contribution >= 4 is 5.91 Å². The molecule has 4 heteroatoms. The normalized spacial score (nSPS) is 24.3. The zero-order valence-corrected chi connectivity index (χ0v) is 9.23. The summed E-state index contributed by atoms with van der Waals surface area (Å²) in [5, 5.41) is 2.93. The Labute approximate surface area is 95.3 Å². The van der Waals surface area contributed by atoms with Gasteiger partial charge in [0.25, 0.3) is 5.91 Å². The Bertz CT molecular complexity index is 353. The molecule has 1 aliphatic rings. The quantitative estimate of drug-likeness (QED) is 0.795. The molecule has 1 aromatic rings. The van der Waals surface area contributed by atoms with Crippen molar-refractivity contribution in [2.24, 2.45) is 11.7 Å². The van der Waals surface area contributed by atoms with Crippen LogP contribution in [0.4, 0.5) is 0 Å². The molecule has 0 aromatic carbocycles. The molecular formula is C12H17N3O. The summed E-state index contributed by atoms with van der Waals surface area (Å²) >= 11 is 0. The maximum Gasteiger partial charge on any atom is 0.252 e. The number of carbonyl (C=O) groups excluding carboxylic acids is 1. The van der Waals surface area contributed by atoms with Crippen LogP contribution in [-0.4, -0.2) is 23.5 Å². The third-order valence-electron chi connectivity index (χ3n) is 3.06.